The molecular formula is C21H29N3OSi. The Bertz CT molecular complexity index is 708. The fourth-order valence-electron chi connectivity index (χ4n) is 3.39. The first-order chi connectivity index (χ1) is 12.2. The zero-order chi connectivity index (χ0) is 19.3. The lowest BCUT2D eigenvalue weighted by molar-refractivity contribution is 0.259. The zero-order valence-electron chi connectivity index (χ0n) is 16.4. The predicted octanol–water partition coefficient (Wildman–Crippen LogP) is 5.04. The van der Waals surface area contributed by atoms with Gasteiger partial charge < -0.3 is 4.43 Å². The smallest absolute Gasteiger partial charge is 0.261 e. The van der Waals surface area contributed by atoms with Crippen molar-refractivity contribution in [1.82, 2.24) is 0 Å². The Morgan fingerprint density at radius 2 is 1.35 bits per heavy atom. The van der Waals surface area contributed by atoms with Crippen molar-refractivity contribution < 1.29 is 4.43 Å². The molecule has 138 valence electrons. The molecule has 0 aromatic heterocycles. The Labute approximate surface area is 158 Å². The largest absolute Gasteiger partial charge is 0.407 e. The molecule has 0 aliphatic carbocycles. The third-order valence-corrected chi connectivity index (χ3v) is 9.81. The van der Waals surface area contributed by atoms with Crippen LogP contribution < -0.4 is 10.4 Å². The summed E-state index contributed by atoms with van der Waals surface area (Å²) in [6, 6.07) is 21.1. The molecule has 0 aliphatic rings. The highest BCUT2D eigenvalue weighted by atomic mass is 28.4. The van der Waals surface area contributed by atoms with Crippen LogP contribution in [0.3, 0.4) is 0 Å². The van der Waals surface area contributed by atoms with Gasteiger partial charge in [0.05, 0.1) is 0 Å². The van der Waals surface area contributed by atoms with E-state index in [1.54, 1.807) is 0 Å². The van der Waals surface area contributed by atoms with Crippen molar-refractivity contribution in [3.8, 4) is 0 Å². The van der Waals surface area contributed by atoms with Crippen LogP contribution in [-0.4, -0.2) is 20.5 Å². The summed E-state index contributed by atoms with van der Waals surface area (Å²) in [5.74, 6) is 0. The summed E-state index contributed by atoms with van der Waals surface area (Å²) in [6.45, 7) is 11.2. The summed E-state index contributed by atoms with van der Waals surface area (Å²) < 4.78 is 6.80. The summed E-state index contributed by atoms with van der Waals surface area (Å²) in [5.41, 5.74) is 8.31. The van der Waals surface area contributed by atoms with E-state index in [1.807, 2.05) is 26.0 Å². The molecule has 0 saturated heterocycles. The van der Waals surface area contributed by atoms with Gasteiger partial charge >= 0.3 is 0 Å². The van der Waals surface area contributed by atoms with E-state index in [1.165, 1.54) is 10.4 Å². The summed E-state index contributed by atoms with van der Waals surface area (Å²) in [5, 5.41) is 6.38. The zero-order valence-corrected chi connectivity index (χ0v) is 17.4. The predicted molar refractivity (Wildman–Crippen MR) is 111 cm³/mol. The standard InChI is InChI=1S/C21H29N3OSi/c1-20(2,3)26(18-12-8-6-9-13-18,19-14-10-7-11-15-19)25-17-16-21(4,5)23-24-22/h6-15H,16-17H2,1-5H3. The molecule has 0 radical (unpaired) electrons. The quantitative estimate of drug-likeness (QED) is 0.293. The van der Waals surface area contributed by atoms with Crippen LogP contribution >= 0.6 is 0 Å². The minimum absolute atomic E-state index is 0.0433. The summed E-state index contributed by atoms with van der Waals surface area (Å²) >= 11 is 0. The maximum atomic E-state index is 8.77. The number of hydrogen-bond donors (Lipinski definition) is 0. The van der Waals surface area contributed by atoms with Gasteiger partial charge in [-0.15, -0.1) is 0 Å². The van der Waals surface area contributed by atoms with Crippen LogP contribution in [0.4, 0.5) is 0 Å². The van der Waals surface area contributed by atoms with Crippen LogP contribution in [-0.2, 0) is 4.43 Å². The maximum absolute atomic E-state index is 8.77. The minimum Gasteiger partial charge on any atom is -0.407 e. The van der Waals surface area contributed by atoms with Crippen LogP contribution in [0.5, 0.6) is 0 Å². The molecule has 2 aromatic carbocycles. The van der Waals surface area contributed by atoms with Crippen molar-refractivity contribution in [2.45, 2.75) is 51.6 Å². The fourth-order valence-corrected chi connectivity index (χ4v) is 7.95. The number of hydrogen-bond acceptors (Lipinski definition) is 2. The number of rotatable bonds is 7. The van der Waals surface area contributed by atoms with Crippen molar-refractivity contribution in [1.29, 1.82) is 0 Å². The van der Waals surface area contributed by atoms with Crippen molar-refractivity contribution in [2.24, 2.45) is 5.11 Å². The molecule has 5 heteroatoms. The van der Waals surface area contributed by atoms with Gasteiger partial charge in [0.15, 0.2) is 0 Å². The lowest BCUT2D eigenvalue weighted by Crippen LogP contribution is -2.66. The topological polar surface area (TPSA) is 58.0 Å². The SMILES string of the molecule is CC(C)(CCO[Si](c1ccccc1)(c1ccccc1)C(C)(C)C)N=[N+]=[N-]. The molecule has 4 nitrogen and oxygen atoms in total. The van der Waals surface area contributed by atoms with Crippen molar-refractivity contribution >= 4 is 18.7 Å². The molecule has 0 fully saturated rings. The Morgan fingerprint density at radius 3 is 1.73 bits per heavy atom. The van der Waals surface area contributed by atoms with Crippen molar-refractivity contribution in [3.05, 3.63) is 71.1 Å². The van der Waals surface area contributed by atoms with Crippen LogP contribution in [0.15, 0.2) is 65.8 Å². The molecule has 0 bridgehead atoms. The highest BCUT2D eigenvalue weighted by molar-refractivity contribution is 6.99. The molecular weight excluding hydrogens is 338 g/mol. The van der Waals surface area contributed by atoms with Crippen LogP contribution in [0.25, 0.3) is 10.4 Å². The Balaban J connectivity index is 2.49. The molecule has 0 heterocycles. The highest BCUT2D eigenvalue weighted by Gasteiger charge is 2.50. The van der Waals surface area contributed by atoms with Gasteiger partial charge in [0, 0.05) is 17.1 Å². The number of benzene rings is 2. The Hall–Kier alpha value is -2.07. The van der Waals surface area contributed by atoms with E-state index in [9.17, 15) is 0 Å². The average Bonchev–Trinajstić information content (AvgIpc) is 2.59. The monoisotopic (exact) mass is 367 g/mol. The first-order valence-corrected chi connectivity index (χ1v) is 10.9. The van der Waals surface area contributed by atoms with E-state index in [4.69, 9.17) is 9.96 Å². The van der Waals surface area contributed by atoms with E-state index in [0.29, 0.717) is 13.0 Å². The van der Waals surface area contributed by atoms with Crippen LogP contribution in [0, 0.1) is 0 Å². The molecule has 2 aromatic rings. The van der Waals surface area contributed by atoms with Gasteiger partial charge in [0.25, 0.3) is 8.32 Å². The molecule has 0 amide bonds. The van der Waals surface area contributed by atoms with Gasteiger partial charge in [-0.25, -0.2) is 0 Å². The van der Waals surface area contributed by atoms with E-state index in [2.05, 4.69) is 79.3 Å². The average molecular weight is 368 g/mol. The normalized spacial score (nSPS) is 12.5. The first-order valence-electron chi connectivity index (χ1n) is 9.04. The van der Waals surface area contributed by atoms with Crippen LogP contribution in [0.1, 0.15) is 41.0 Å². The molecule has 0 spiro atoms. The molecule has 2 rings (SSSR count). The van der Waals surface area contributed by atoms with E-state index in [-0.39, 0.29) is 5.04 Å². The van der Waals surface area contributed by atoms with Crippen LogP contribution in [0.2, 0.25) is 5.04 Å². The van der Waals surface area contributed by atoms with Gasteiger partial charge in [0.1, 0.15) is 0 Å². The lowest BCUT2D eigenvalue weighted by Gasteiger charge is -2.43. The second-order valence-corrected chi connectivity index (χ2v) is 12.6. The summed E-state index contributed by atoms with van der Waals surface area (Å²) in [4.78, 5) is 2.97. The molecule has 0 unspecified atom stereocenters. The molecule has 0 atom stereocenters. The summed E-state index contributed by atoms with van der Waals surface area (Å²) in [6.07, 6.45) is 0.682. The second kappa shape index (κ2) is 8.08. The van der Waals surface area contributed by atoms with Crippen molar-refractivity contribution in [3.63, 3.8) is 0 Å². The van der Waals surface area contributed by atoms with Gasteiger partial charge in [-0.05, 0) is 27.4 Å². The van der Waals surface area contributed by atoms with Gasteiger partial charge in [-0.3, -0.25) is 0 Å². The first kappa shape index (κ1) is 20.2. The summed E-state index contributed by atoms with van der Waals surface area (Å²) in [7, 11) is -2.51. The number of azide groups is 1. The van der Waals surface area contributed by atoms with E-state index < -0.39 is 13.9 Å². The van der Waals surface area contributed by atoms with Gasteiger partial charge in [-0.2, -0.15) is 0 Å². The molecule has 0 aliphatic heterocycles. The fraction of sp³-hybridized carbons (Fsp3) is 0.429. The van der Waals surface area contributed by atoms with Crippen molar-refractivity contribution in [2.75, 3.05) is 6.61 Å². The molecule has 0 saturated carbocycles. The van der Waals surface area contributed by atoms with E-state index >= 15 is 0 Å². The third kappa shape index (κ3) is 4.36. The Kier molecular flexibility index (Phi) is 6.29. The van der Waals surface area contributed by atoms with Gasteiger partial charge in [0.2, 0.25) is 0 Å². The maximum Gasteiger partial charge on any atom is 0.261 e. The second-order valence-electron chi connectivity index (χ2n) is 8.26. The Morgan fingerprint density at radius 1 is 0.885 bits per heavy atom. The highest BCUT2D eigenvalue weighted by Crippen LogP contribution is 2.37. The minimum atomic E-state index is -2.51. The molecule has 0 N–H and O–H groups in total. The lowest BCUT2D eigenvalue weighted by atomic mass is 10.0. The van der Waals surface area contributed by atoms with Gasteiger partial charge in [-0.1, -0.05) is 100 Å². The third-order valence-electron chi connectivity index (χ3n) is 4.76. The number of nitrogens with zero attached hydrogens (tertiary/aromatic N) is 3. The molecule has 26 heavy (non-hydrogen) atoms. The van der Waals surface area contributed by atoms with E-state index in [0.717, 1.165) is 0 Å².